The van der Waals surface area contributed by atoms with E-state index in [9.17, 15) is 9.90 Å². The number of amides is 1. The molecule has 3 N–H and O–H groups in total. The van der Waals surface area contributed by atoms with Gasteiger partial charge in [-0.2, -0.15) is 0 Å². The van der Waals surface area contributed by atoms with Crippen LogP contribution in [0.15, 0.2) is 61.3 Å². The van der Waals surface area contributed by atoms with Crippen LogP contribution in [-0.2, 0) is 0 Å². The van der Waals surface area contributed by atoms with Gasteiger partial charge in [0.15, 0.2) is 0 Å². The number of rotatable bonds is 7. The molecule has 0 aliphatic heterocycles. The molecule has 1 aromatic carbocycles. The quantitative estimate of drug-likeness (QED) is 0.685. The fourth-order valence-corrected chi connectivity index (χ4v) is 1.98. The van der Waals surface area contributed by atoms with Gasteiger partial charge in [0.25, 0.3) is 5.91 Å². The number of hydrogen-bond acceptors (Lipinski definition) is 4. The molecule has 1 heterocycles. The van der Waals surface area contributed by atoms with Crippen LogP contribution >= 0.6 is 0 Å². The molecule has 0 radical (unpaired) electrons. The molecular formula is C17H19N3O2. The molecule has 0 spiro atoms. The second kappa shape index (κ2) is 7.95. The van der Waals surface area contributed by atoms with E-state index >= 15 is 0 Å². The van der Waals surface area contributed by atoms with Crippen LogP contribution in [0.3, 0.4) is 0 Å². The Hall–Kier alpha value is -2.66. The highest BCUT2D eigenvalue weighted by Crippen LogP contribution is 2.17. The van der Waals surface area contributed by atoms with Crippen molar-refractivity contribution in [3.8, 4) is 0 Å². The van der Waals surface area contributed by atoms with Crippen molar-refractivity contribution in [2.24, 2.45) is 0 Å². The number of aliphatic hydroxyl groups excluding tert-OH is 1. The first-order valence-corrected chi connectivity index (χ1v) is 7.02. The second-order valence-electron chi connectivity index (χ2n) is 4.72. The Balaban J connectivity index is 2.04. The minimum Gasteiger partial charge on any atom is -0.394 e. The number of carbonyl (C=O) groups excluding carboxylic acids is 1. The van der Waals surface area contributed by atoms with Crippen LogP contribution in [-0.4, -0.2) is 29.1 Å². The van der Waals surface area contributed by atoms with Gasteiger partial charge in [0.05, 0.1) is 18.2 Å². The van der Waals surface area contributed by atoms with E-state index in [0.717, 1.165) is 5.56 Å². The minimum absolute atomic E-state index is 0.0483. The fraction of sp³-hybridized carbons (Fsp3) is 0.176. The van der Waals surface area contributed by atoms with Crippen LogP contribution in [0.2, 0.25) is 0 Å². The molecule has 0 fully saturated rings. The number of aromatic nitrogens is 1. The number of carbonyl (C=O) groups is 1. The van der Waals surface area contributed by atoms with E-state index in [1.807, 2.05) is 30.3 Å². The van der Waals surface area contributed by atoms with Crippen molar-refractivity contribution in [3.05, 3.63) is 72.4 Å². The van der Waals surface area contributed by atoms with Crippen LogP contribution in [0.4, 0.5) is 5.82 Å². The molecule has 1 atom stereocenters. The van der Waals surface area contributed by atoms with Crippen LogP contribution in [0, 0.1) is 0 Å². The highest BCUT2D eigenvalue weighted by atomic mass is 16.3. The Labute approximate surface area is 129 Å². The largest absolute Gasteiger partial charge is 0.394 e. The van der Waals surface area contributed by atoms with E-state index < -0.39 is 0 Å². The Morgan fingerprint density at radius 1 is 1.27 bits per heavy atom. The van der Waals surface area contributed by atoms with E-state index in [1.54, 1.807) is 18.2 Å². The zero-order valence-electron chi connectivity index (χ0n) is 12.2. The molecule has 0 saturated heterocycles. The maximum absolute atomic E-state index is 11.8. The third-order valence-electron chi connectivity index (χ3n) is 3.14. The van der Waals surface area contributed by atoms with Crippen molar-refractivity contribution in [1.82, 2.24) is 10.3 Å². The Kier molecular flexibility index (Phi) is 5.68. The molecule has 2 rings (SSSR count). The third-order valence-corrected chi connectivity index (χ3v) is 3.14. The van der Waals surface area contributed by atoms with Crippen molar-refractivity contribution in [2.75, 3.05) is 18.5 Å². The van der Waals surface area contributed by atoms with Gasteiger partial charge in [0.1, 0.15) is 5.82 Å². The van der Waals surface area contributed by atoms with Crippen LogP contribution < -0.4 is 10.6 Å². The van der Waals surface area contributed by atoms with Gasteiger partial charge in [-0.25, -0.2) is 4.98 Å². The molecule has 114 valence electrons. The summed E-state index contributed by atoms with van der Waals surface area (Å²) in [5, 5.41) is 15.4. The van der Waals surface area contributed by atoms with Crippen molar-refractivity contribution in [2.45, 2.75) is 6.04 Å². The number of benzene rings is 1. The van der Waals surface area contributed by atoms with E-state index in [1.165, 1.54) is 6.20 Å². The minimum atomic E-state index is -0.242. The van der Waals surface area contributed by atoms with Crippen molar-refractivity contribution < 1.29 is 9.90 Å². The Morgan fingerprint density at radius 3 is 2.64 bits per heavy atom. The number of anilines is 1. The molecule has 0 aliphatic carbocycles. The molecule has 1 unspecified atom stereocenters. The van der Waals surface area contributed by atoms with Crippen molar-refractivity contribution in [1.29, 1.82) is 0 Å². The summed E-state index contributed by atoms with van der Waals surface area (Å²) in [5.41, 5.74) is 1.45. The van der Waals surface area contributed by atoms with Crippen LogP contribution in [0.5, 0.6) is 0 Å². The average molecular weight is 297 g/mol. The van der Waals surface area contributed by atoms with Gasteiger partial charge >= 0.3 is 0 Å². The monoisotopic (exact) mass is 297 g/mol. The SMILES string of the molecule is C=CCNC(=O)c1ccc(NC(CO)c2ccccc2)nc1. The van der Waals surface area contributed by atoms with Gasteiger partial charge in [-0.3, -0.25) is 4.79 Å². The Bertz CT molecular complexity index is 612. The van der Waals surface area contributed by atoms with Gasteiger partial charge in [-0.1, -0.05) is 36.4 Å². The lowest BCUT2D eigenvalue weighted by Crippen LogP contribution is -2.23. The predicted octanol–water partition coefficient (Wildman–Crippen LogP) is 2.14. The standard InChI is InChI=1S/C17H19N3O2/c1-2-10-18-17(22)14-8-9-16(19-11-14)20-15(12-21)13-6-4-3-5-7-13/h2-9,11,15,21H,1,10,12H2,(H,18,22)(H,19,20). The lowest BCUT2D eigenvalue weighted by molar-refractivity contribution is 0.0957. The highest BCUT2D eigenvalue weighted by Gasteiger charge is 2.11. The lowest BCUT2D eigenvalue weighted by Gasteiger charge is -2.17. The van der Waals surface area contributed by atoms with E-state index in [2.05, 4.69) is 22.2 Å². The second-order valence-corrected chi connectivity index (χ2v) is 4.72. The zero-order chi connectivity index (χ0) is 15.8. The maximum atomic E-state index is 11.8. The smallest absolute Gasteiger partial charge is 0.253 e. The predicted molar refractivity (Wildman–Crippen MR) is 86.7 cm³/mol. The molecule has 1 amide bonds. The first-order valence-electron chi connectivity index (χ1n) is 7.02. The molecular weight excluding hydrogens is 278 g/mol. The first kappa shape index (κ1) is 15.7. The normalized spacial score (nSPS) is 11.5. The summed E-state index contributed by atoms with van der Waals surface area (Å²) in [5.74, 6) is 0.406. The maximum Gasteiger partial charge on any atom is 0.253 e. The summed E-state index contributed by atoms with van der Waals surface area (Å²) in [4.78, 5) is 16.0. The summed E-state index contributed by atoms with van der Waals surface area (Å²) in [7, 11) is 0. The number of aliphatic hydroxyl groups is 1. The molecule has 1 aromatic heterocycles. The Morgan fingerprint density at radius 2 is 2.05 bits per heavy atom. The van der Waals surface area contributed by atoms with Gasteiger partial charge in [0, 0.05) is 12.7 Å². The molecule has 0 aliphatic rings. The van der Waals surface area contributed by atoms with Gasteiger partial charge < -0.3 is 15.7 Å². The molecule has 0 saturated carbocycles. The van der Waals surface area contributed by atoms with E-state index in [-0.39, 0.29) is 18.6 Å². The van der Waals surface area contributed by atoms with Crippen molar-refractivity contribution in [3.63, 3.8) is 0 Å². The lowest BCUT2D eigenvalue weighted by atomic mass is 10.1. The molecule has 2 aromatic rings. The number of pyridine rings is 1. The van der Waals surface area contributed by atoms with Crippen LogP contribution in [0.1, 0.15) is 22.0 Å². The molecule has 5 nitrogen and oxygen atoms in total. The number of nitrogens with one attached hydrogen (secondary N) is 2. The topological polar surface area (TPSA) is 74.2 Å². The summed E-state index contributed by atoms with van der Waals surface area (Å²) < 4.78 is 0. The van der Waals surface area contributed by atoms with Gasteiger partial charge in [-0.05, 0) is 17.7 Å². The number of hydrogen-bond donors (Lipinski definition) is 3. The van der Waals surface area contributed by atoms with Crippen LogP contribution in [0.25, 0.3) is 0 Å². The van der Waals surface area contributed by atoms with Crippen molar-refractivity contribution >= 4 is 11.7 Å². The third kappa shape index (κ3) is 4.17. The summed E-state index contributed by atoms with van der Waals surface area (Å²) in [6.07, 6.45) is 3.12. The van der Waals surface area contributed by atoms with E-state index in [4.69, 9.17) is 0 Å². The summed E-state index contributed by atoms with van der Waals surface area (Å²) in [6.45, 7) is 3.92. The fourth-order valence-electron chi connectivity index (χ4n) is 1.98. The summed E-state index contributed by atoms with van der Waals surface area (Å²) >= 11 is 0. The zero-order valence-corrected chi connectivity index (χ0v) is 12.2. The first-order chi connectivity index (χ1) is 10.7. The summed E-state index contributed by atoms with van der Waals surface area (Å²) in [6, 6.07) is 12.8. The van der Waals surface area contributed by atoms with Gasteiger partial charge in [-0.15, -0.1) is 6.58 Å². The molecule has 5 heteroatoms. The number of nitrogens with zero attached hydrogens (tertiary/aromatic N) is 1. The molecule has 22 heavy (non-hydrogen) atoms. The van der Waals surface area contributed by atoms with E-state index in [0.29, 0.717) is 17.9 Å². The van der Waals surface area contributed by atoms with Gasteiger partial charge in [0.2, 0.25) is 0 Å². The molecule has 0 bridgehead atoms. The average Bonchev–Trinajstić information content (AvgIpc) is 2.58. The highest BCUT2D eigenvalue weighted by molar-refractivity contribution is 5.94.